The monoisotopic (exact) mass is 374 g/mol. The molecule has 21 heavy (non-hydrogen) atoms. The van der Waals surface area contributed by atoms with E-state index < -0.39 is 12.0 Å². The van der Waals surface area contributed by atoms with E-state index in [1.54, 1.807) is 11.3 Å². The number of likely N-dealkylation sites (tertiary alicyclic amines) is 1. The van der Waals surface area contributed by atoms with Gasteiger partial charge in [0.05, 0.1) is 6.54 Å². The molecular formula is C14H19BrN2O3S. The predicted octanol–water partition coefficient (Wildman–Crippen LogP) is 3.30. The highest BCUT2D eigenvalue weighted by molar-refractivity contribution is 9.10. The molecule has 2 amide bonds. The fraction of sp³-hybridized carbons (Fsp3) is 0.571. The van der Waals surface area contributed by atoms with E-state index in [1.807, 2.05) is 11.4 Å². The summed E-state index contributed by atoms with van der Waals surface area (Å²) in [5.74, 6) is -0.523. The van der Waals surface area contributed by atoms with Gasteiger partial charge < -0.3 is 15.3 Å². The van der Waals surface area contributed by atoms with Crippen LogP contribution in [0, 0.1) is 5.92 Å². The molecule has 2 unspecified atom stereocenters. The van der Waals surface area contributed by atoms with Crippen LogP contribution in [0.4, 0.5) is 4.79 Å². The van der Waals surface area contributed by atoms with Crippen molar-refractivity contribution in [1.82, 2.24) is 10.2 Å². The number of aliphatic carboxylic acids is 1. The van der Waals surface area contributed by atoms with Crippen LogP contribution < -0.4 is 5.32 Å². The third-order valence-electron chi connectivity index (χ3n) is 3.87. The highest BCUT2D eigenvalue weighted by Crippen LogP contribution is 2.26. The highest BCUT2D eigenvalue weighted by atomic mass is 79.9. The Bertz CT molecular complexity index is 520. The number of rotatable bonds is 4. The topological polar surface area (TPSA) is 69.6 Å². The van der Waals surface area contributed by atoms with Crippen LogP contribution in [0.3, 0.4) is 0 Å². The third-order valence-corrected chi connectivity index (χ3v) is 5.57. The zero-order valence-corrected chi connectivity index (χ0v) is 14.2. The Balaban J connectivity index is 1.95. The van der Waals surface area contributed by atoms with Gasteiger partial charge in [-0.2, -0.15) is 0 Å². The maximum atomic E-state index is 12.2. The van der Waals surface area contributed by atoms with E-state index in [9.17, 15) is 14.7 Å². The molecule has 2 N–H and O–H groups in total. The molecule has 2 heterocycles. The van der Waals surface area contributed by atoms with Gasteiger partial charge >= 0.3 is 12.0 Å². The average molecular weight is 375 g/mol. The Morgan fingerprint density at radius 1 is 1.57 bits per heavy atom. The number of nitrogens with one attached hydrogen (secondary N) is 1. The fourth-order valence-electron chi connectivity index (χ4n) is 2.60. The highest BCUT2D eigenvalue weighted by Gasteiger charge is 2.35. The smallest absolute Gasteiger partial charge is 0.326 e. The number of carbonyl (C=O) groups excluding carboxylic acids is 1. The molecule has 1 aliphatic heterocycles. The van der Waals surface area contributed by atoms with Crippen LogP contribution in [0.2, 0.25) is 0 Å². The zero-order valence-electron chi connectivity index (χ0n) is 11.8. The molecule has 0 aliphatic carbocycles. The van der Waals surface area contributed by atoms with Crippen LogP contribution in [-0.2, 0) is 11.3 Å². The summed E-state index contributed by atoms with van der Waals surface area (Å²) in [6.45, 7) is 3.00. The van der Waals surface area contributed by atoms with Gasteiger partial charge in [0.15, 0.2) is 0 Å². The molecule has 0 aromatic carbocycles. The maximum absolute atomic E-state index is 12.2. The first-order valence-corrected chi connectivity index (χ1v) is 8.68. The quantitative estimate of drug-likeness (QED) is 0.849. The molecule has 116 valence electrons. The standard InChI is InChI=1S/C14H19BrN2O3S/c1-2-9-3-4-17(12(5-9)13(18)19)14(20)16-7-11-6-10(15)8-21-11/h6,8-9,12H,2-5,7H2,1H3,(H,16,20)(H,18,19). The normalized spacial score (nSPS) is 22.1. The summed E-state index contributed by atoms with van der Waals surface area (Å²) in [7, 11) is 0. The first-order valence-electron chi connectivity index (χ1n) is 7.01. The molecule has 7 heteroatoms. The van der Waals surface area contributed by atoms with Gasteiger partial charge in [-0.25, -0.2) is 9.59 Å². The van der Waals surface area contributed by atoms with Crippen LogP contribution in [0.1, 0.15) is 31.1 Å². The number of urea groups is 1. The summed E-state index contributed by atoms with van der Waals surface area (Å²) in [6.07, 6.45) is 2.38. The van der Waals surface area contributed by atoms with Crippen molar-refractivity contribution in [3.05, 3.63) is 20.8 Å². The minimum absolute atomic E-state index is 0.290. The molecule has 2 atom stereocenters. The summed E-state index contributed by atoms with van der Waals surface area (Å²) >= 11 is 4.92. The van der Waals surface area contributed by atoms with Crippen LogP contribution in [0.25, 0.3) is 0 Å². The van der Waals surface area contributed by atoms with Crippen molar-refractivity contribution < 1.29 is 14.7 Å². The summed E-state index contributed by atoms with van der Waals surface area (Å²) in [6, 6.07) is 0.948. The minimum atomic E-state index is -0.915. The first kappa shape index (κ1) is 16.3. The van der Waals surface area contributed by atoms with Crippen molar-refractivity contribution in [3.8, 4) is 0 Å². The van der Waals surface area contributed by atoms with Crippen LogP contribution in [0.15, 0.2) is 15.9 Å². The largest absolute Gasteiger partial charge is 0.480 e. The van der Waals surface area contributed by atoms with Gasteiger partial charge in [-0.15, -0.1) is 11.3 Å². The second-order valence-corrected chi connectivity index (χ2v) is 7.15. The number of hydrogen-bond acceptors (Lipinski definition) is 3. The predicted molar refractivity (Wildman–Crippen MR) is 85.4 cm³/mol. The molecule has 1 aromatic heterocycles. The summed E-state index contributed by atoms with van der Waals surface area (Å²) in [5, 5.41) is 14.1. The lowest BCUT2D eigenvalue weighted by molar-refractivity contribution is -0.144. The molecule has 1 aliphatic rings. The summed E-state index contributed by atoms with van der Waals surface area (Å²) in [5.41, 5.74) is 0. The first-order chi connectivity index (χ1) is 10.0. The number of carboxylic acids is 1. The lowest BCUT2D eigenvalue weighted by Crippen LogP contribution is -2.53. The van der Waals surface area contributed by atoms with Gasteiger partial charge in [0.25, 0.3) is 0 Å². The molecular weight excluding hydrogens is 356 g/mol. The SMILES string of the molecule is CCC1CCN(C(=O)NCc2cc(Br)cs2)C(C(=O)O)C1. The van der Waals surface area contributed by atoms with Gasteiger partial charge in [-0.1, -0.05) is 13.3 Å². The molecule has 1 fully saturated rings. The number of carbonyl (C=O) groups is 2. The Hall–Kier alpha value is -1.08. The van der Waals surface area contributed by atoms with E-state index in [2.05, 4.69) is 28.2 Å². The van der Waals surface area contributed by atoms with Crippen molar-refractivity contribution in [2.75, 3.05) is 6.54 Å². The average Bonchev–Trinajstić information content (AvgIpc) is 2.89. The zero-order chi connectivity index (χ0) is 15.4. The van der Waals surface area contributed by atoms with Crippen molar-refractivity contribution in [2.45, 2.75) is 38.8 Å². The second kappa shape index (κ2) is 7.26. The Kier molecular flexibility index (Phi) is 5.64. The third kappa shape index (κ3) is 4.20. The van der Waals surface area contributed by atoms with E-state index in [-0.39, 0.29) is 6.03 Å². The number of piperidine rings is 1. The lowest BCUT2D eigenvalue weighted by Gasteiger charge is -2.36. The van der Waals surface area contributed by atoms with Gasteiger partial charge in [0, 0.05) is 21.3 Å². The second-order valence-electron chi connectivity index (χ2n) is 5.24. The van der Waals surface area contributed by atoms with Crippen LogP contribution in [-0.4, -0.2) is 34.6 Å². The van der Waals surface area contributed by atoms with E-state index in [0.29, 0.717) is 25.4 Å². The van der Waals surface area contributed by atoms with Gasteiger partial charge in [0.2, 0.25) is 0 Å². The molecule has 2 rings (SSSR count). The molecule has 1 aromatic rings. The van der Waals surface area contributed by atoms with Gasteiger partial charge in [-0.3, -0.25) is 0 Å². The molecule has 0 bridgehead atoms. The Labute approximate surface area is 136 Å². The summed E-state index contributed by atoms with van der Waals surface area (Å²) in [4.78, 5) is 26.1. The van der Waals surface area contributed by atoms with E-state index in [1.165, 1.54) is 4.90 Å². The number of carboxylic acid groups (broad SMARTS) is 1. The lowest BCUT2D eigenvalue weighted by atomic mass is 9.89. The van der Waals surface area contributed by atoms with Crippen molar-refractivity contribution in [1.29, 1.82) is 0 Å². The van der Waals surface area contributed by atoms with Crippen molar-refractivity contribution in [2.24, 2.45) is 5.92 Å². The summed E-state index contributed by atoms with van der Waals surface area (Å²) < 4.78 is 0.990. The van der Waals surface area contributed by atoms with Gasteiger partial charge in [-0.05, 0) is 40.8 Å². The Morgan fingerprint density at radius 3 is 2.90 bits per heavy atom. The van der Waals surface area contributed by atoms with E-state index in [0.717, 1.165) is 22.2 Å². The van der Waals surface area contributed by atoms with Crippen LogP contribution in [0.5, 0.6) is 0 Å². The van der Waals surface area contributed by atoms with E-state index >= 15 is 0 Å². The Morgan fingerprint density at radius 2 is 2.33 bits per heavy atom. The number of thiophene rings is 1. The van der Waals surface area contributed by atoms with Crippen molar-refractivity contribution >= 4 is 39.3 Å². The number of amides is 2. The molecule has 0 radical (unpaired) electrons. The van der Waals surface area contributed by atoms with Crippen molar-refractivity contribution in [3.63, 3.8) is 0 Å². The minimum Gasteiger partial charge on any atom is -0.480 e. The van der Waals surface area contributed by atoms with E-state index in [4.69, 9.17) is 0 Å². The number of nitrogens with zero attached hydrogens (tertiary/aromatic N) is 1. The molecule has 1 saturated heterocycles. The van der Waals surface area contributed by atoms with Gasteiger partial charge in [0.1, 0.15) is 6.04 Å². The fourth-order valence-corrected chi connectivity index (χ4v) is 3.99. The maximum Gasteiger partial charge on any atom is 0.326 e. The number of halogens is 1. The molecule has 5 nitrogen and oxygen atoms in total. The molecule has 0 spiro atoms. The number of hydrogen-bond donors (Lipinski definition) is 2. The molecule has 0 saturated carbocycles. The van der Waals surface area contributed by atoms with Crippen LogP contribution >= 0.6 is 27.3 Å².